The lowest BCUT2D eigenvalue weighted by Crippen LogP contribution is -2.32. The highest BCUT2D eigenvalue weighted by molar-refractivity contribution is 7.10. The highest BCUT2D eigenvalue weighted by Crippen LogP contribution is 2.43. The van der Waals surface area contributed by atoms with Gasteiger partial charge in [-0.15, -0.1) is 11.3 Å². The van der Waals surface area contributed by atoms with Crippen LogP contribution in [0.1, 0.15) is 22.9 Å². The van der Waals surface area contributed by atoms with Gasteiger partial charge in [0.25, 0.3) is 0 Å². The molecule has 0 aliphatic heterocycles. The monoisotopic (exact) mass is 362 g/mol. The summed E-state index contributed by atoms with van der Waals surface area (Å²) < 4.78 is 6.35. The Morgan fingerprint density at radius 3 is 1.78 bits per heavy atom. The maximum Gasteiger partial charge on any atom is 0.152 e. The SMILES string of the molecule is CCOC(c1ccc(Cl)cc1)(c1ccc(Cl)cc1)c1cccs1. The van der Waals surface area contributed by atoms with Crippen molar-refractivity contribution in [3.63, 3.8) is 0 Å². The largest absolute Gasteiger partial charge is 0.360 e. The minimum absolute atomic E-state index is 0.586. The van der Waals surface area contributed by atoms with Crippen molar-refractivity contribution in [2.75, 3.05) is 6.61 Å². The summed E-state index contributed by atoms with van der Waals surface area (Å²) in [6.45, 7) is 2.59. The highest BCUT2D eigenvalue weighted by atomic mass is 35.5. The number of thiophene rings is 1. The number of ether oxygens (including phenoxy) is 1. The summed E-state index contributed by atoms with van der Waals surface area (Å²) in [7, 11) is 0. The molecule has 0 atom stereocenters. The third kappa shape index (κ3) is 3.17. The van der Waals surface area contributed by atoms with Gasteiger partial charge >= 0.3 is 0 Å². The van der Waals surface area contributed by atoms with Gasteiger partial charge in [0.2, 0.25) is 0 Å². The summed E-state index contributed by atoms with van der Waals surface area (Å²) in [6, 6.07) is 19.8. The Morgan fingerprint density at radius 1 is 0.870 bits per heavy atom. The van der Waals surface area contributed by atoms with Crippen LogP contribution in [0.3, 0.4) is 0 Å². The Bertz CT molecular complexity index is 704. The van der Waals surface area contributed by atoms with E-state index in [4.69, 9.17) is 27.9 Å². The molecule has 3 rings (SSSR count). The van der Waals surface area contributed by atoms with E-state index in [1.54, 1.807) is 11.3 Å². The van der Waals surface area contributed by atoms with Crippen molar-refractivity contribution in [1.82, 2.24) is 0 Å². The zero-order valence-corrected chi connectivity index (χ0v) is 15.0. The number of halogens is 2. The van der Waals surface area contributed by atoms with Crippen LogP contribution in [0.2, 0.25) is 10.0 Å². The first-order valence-corrected chi connectivity index (χ1v) is 9.00. The molecule has 0 saturated carbocycles. The van der Waals surface area contributed by atoms with Crippen LogP contribution in [0.15, 0.2) is 66.0 Å². The van der Waals surface area contributed by atoms with Crippen LogP contribution < -0.4 is 0 Å². The van der Waals surface area contributed by atoms with E-state index in [2.05, 4.69) is 11.4 Å². The van der Waals surface area contributed by atoms with E-state index >= 15 is 0 Å². The molecule has 1 heterocycles. The van der Waals surface area contributed by atoms with Crippen molar-refractivity contribution in [3.8, 4) is 0 Å². The minimum atomic E-state index is -0.655. The molecule has 0 saturated heterocycles. The average molecular weight is 363 g/mol. The second kappa shape index (κ2) is 7.06. The van der Waals surface area contributed by atoms with Crippen molar-refractivity contribution in [3.05, 3.63) is 92.1 Å². The molecule has 0 spiro atoms. The number of hydrogen-bond acceptors (Lipinski definition) is 2. The van der Waals surface area contributed by atoms with Crippen LogP contribution in [-0.4, -0.2) is 6.61 Å². The number of rotatable bonds is 5. The van der Waals surface area contributed by atoms with Crippen LogP contribution >= 0.6 is 34.5 Å². The zero-order chi connectivity index (χ0) is 16.3. The second-order valence-corrected chi connectivity index (χ2v) is 6.93. The fourth-order valence-electron chi connectivity index (χ4n) is 2.75. The zero-order valence-electron chi connectivity index (χ0n) is 12.6. The van der Waals surface area contributed by atoms with Gasteiger partial charge in [0.1, 0.15) is 0 Å². The predicted molar refractivity (Wildman–Crippen MR) is 98.7 cm³/mol. The third-order valence-electron chi connectivity index (χ3n) is 3.73. The molecule has 0 bridgehead atoms. The molecule has 0 fully saturated rings. The lowest BCUT2D eigenvalue weighted by molar-refractivity contribution is 0.0243. The average Bonchev–Trinajstić information content (AvgIpc) is 3.09. The molecular formula is C19H16Cl2OS. The Morgan fingerprint density at radius 2 is 1.39 bits per heavy atom. The van der Waals surface area contributed by atoms with E-state index in [1.807, 2.05) is 61.5 Å². The van der Waals surface area contributed by atoms with E-state index in [0.717, 1.165) is 16.0 Å². The van der Waals surface area contributed by atoms with E-state index in [0.29, 0.717) is 16.7 Å². The normalized spacial score (nSPS) is 11.6. The Balaban J connectivity index is 2.26. The maximum atomic E-state index is 6.35. The molecule has 1 aromatic heterocycles. The van der Waals surface area contributed by atoms with Crippen LogP contribution in [0, 0.1) is 0 Å². The van der Waals surface area contributed by atoms with E-state index < -0.39 is 5.60 Å². The quantitative estimate of drug-likeness (QED) is 0.511. The van der Waals surface area contributed by atoms with Crippen molar-refractivity contribution in [2.45, 2.75) is 12.5 Å². The summed E-state index contributed by atoms with van der Waals surface area (Å²) in [5.41, 5.74) is 1.44. The van der Waals surface area contributed by atoms with Gasteiger partial charge in [-0.2, -0.15) is 0 Å². The van der Waals surface area contributed by atoms with Gasteiger partial charge in [0, 0.05) is 21.5 Å². The van der Waals surface area contributed by atoms with Crippen molar-refractivity contribution >= 4 is 34.5 Å². The molecule has 0 amide bonds. The van der Waals surface area contributed by atoms with Gasteiger partial charge < -0.3 is 4.74 Å². The molecule has 0 unspecified atom stereocenters. The van der Waals surface area contributed by atoms with Gasteiger partial charge in [-0.1, -0.05) is 53.5 Å². The van der Waals surface area contributed by atoms with E-state index in [-0.39, 0.29) is 0 Å². The predicted octanol–water partition coefficient (Wildman–Crippen LogP) is 6.38. The molecule has 0 aliphatic rings. The molecule has 1 nitrogen and oxygen atoms in total. The van der Waals surface area contributed by atoms with E-state index in [9.17, 15) is 0 Å². The smallest absolute Gasteiger partial charge is 0.152 e. The lowest BCUT2D eigenvalue weighted by Gasteiger charge is -2.34. The molecule has 23 heavy (non-hydrogen) atoms. The number of hydrogen-bond donors (Lipinski definition) is 0. The van der Waals surface area contributed by atoms with Crippen molar-refractivity contribution in [2.24, 2.45) is 0 Å². The summed E-state index contributed by atoms with van der Waals surface area (Å²) in [4.78, 5) is 1.13. The minimum Gasteiger partial charge on any atom is -0.360 e. The first kappa shape index (κ1) is 16.5. The molecule has 0 N–H and O–H groups in total. The van der Waals surface area contributed by atoms with Crippen LogP contribution in [0.5, 0.6) is 0 Å². The molecule has 0 aliphatic carbocycles. The summed E-state index contributed by atoms with van der Waals surface area (Å²) in [5.74, 6) is 0. The molecule has 0 radical (unpaired) electrons. The van der Waals surface area contributed by atoms with Crippen LogP contribution in [0.25, 0.3) is 0 Å². The summed E-state index contributed by atoms with van der Waals surface area (Å²) in [6.07, 6.45) is 0. The van der Waals surface area contributed by atoms with Crippen LogP contribution in [0.4, 0.5) is 0 Å². The molecule has 2 aromatic carbocycles. The van der Waals surface area contributed by atoms with Gasteiger partial charge in [-0.05, 0) is 53.8 Å². The molecule has 3 aromatic rings. The Labute approximate surface area is 150 Å². The topological polar surface area (TPSA) is 9.23 Å². The molecule has 4 heteroatoms. The van der Waals surface area contributed by atoms with Gasteiger partial charge in [0.05, 0.1) is 0 Å². The first-order chi connectivity index (χ1) is 11.2. The lowest BCUT2D eigenvalue weighted by atomic mass is 9.84. The van der Waals surface area contributed by atoms with E-state index in [1.165, 1.54) is 0 Å². The third-order valence-corrected chi connectivity index (χ3v) is 5.21. The second-order valence-electron chi connectivity index (χ2n) is 5.11. The van der Waals surface area contributed by atoms with Crippen molar-refractivity contribution < 1.29 is 4.74 Å². The van der Waals surface area contributed by atoms with Crippen molar-refractivity contribution in [1.29, 1.82) is 0 Å². The van der Waals surface area contributed by atoms with Gasteiger partial charge in [0.15, 0.2) is 5.60 Å². The standard InChI is InChI=1S/C19H16Cl2OS/c1-2-22-19(18-4-3-13-23-18,14-5-9-16(20)10-6-14)15-7-11-17(21)12-8-15/h3-13H,2H2,1H3. The Hall–Kier alpha value is -1.32. The molecule has 118 valence electrons. The first-order valence-electron chi connectivity index (χ1n) is 7.37. The van der Waals surface area contributed by atoms with Gasteiger partial charge in [-0.3, -0.25) is 0 Å². The number of benzene rings is 2. The summed E-state index contributed by atoms with van der Waals surface area (Å²) in [5, 5.41) is 3.48. The fourth-order valence-corrected chi connectivity index (χ4v) is 3.93. The Kier molecular flexibility index (Phi) is 5.08. The molecular weight excluding hydrogens is 347 g/mol. The van der Waals surface area contributed by atoms with Gasteiger partial charge in [-0.25, -0.2) is 0 Å². The maximum absolute atomic E-state index is 6.35. The van der Waals surface area contributed by atoms with Crippen LogP contribution in [-0.2, 0) is 10.3 Å². The fraction of sp³-hybridized carbons (Fsp3) is 0.158. The summed E-state index contributed by atoms with van der Waals surface area (Å²) >= 11 is 13.8. The highest BCUT2D eigenvalue weighted by Gasteiger charge is 2.38.